The first-order chi connectivity index (χ1) is 8.75. The van der Waals surface area contributed by atoms with E-state index in [2.05, 4.69) is 53.3 Å². The fourth-order valence-electron chi connectivity index (χ4n) is 3.16. The molecular formula is C15H21N3. The Balaban J connectivity index is 1.83. The molecule has 0 spiro atoms. The second-order valence-corrected chi connectivity index (χ2v) is 5.55. The van der Waals surface area contributed by atoms with Crippen molar-refractivity contribution in [1.82, 2.24) is 10.2 Å². The smallest absolute Gasteiger partial charge is 0.111 e. The summed E-state index contributed by atoms with van der Waals surface area (Å²) in [4.78, 5) is 7.07. The van der Waals surface area contributed by atoms with Crippen molar-refractivity contribution in [3.05, 3.63) is 35.4 Å². The van der Waals surface area contributed by atoms with Crippen molar-refractivity contribution in [3.8, 4) is 0 Å². The third-order valence-corrected chi connectivity index (χ3v) is 3.87. The molecule has 3 rings (SSSR count). The molecule has 0 fully saturated rings. The van der Waals surface area contributed by atoms with Gasteiger partial charge in [-0.3, -0.25) is 9.89 Å². The fourth-order valence-corrected chi connectivity index (χ4v) is 3.16. The third kappa shape index (κ3) is 2.03. The summed E-state index contributed by atoms with van der Waals surface area (Å²) >= 11 is 0. The van der Waals surface area contributed by atoms with E-state index in [1.807, 2.05) is 0 Å². The zero-order valence-corrected chi connectivity index (χ0v) is 11.2. The van der Waals surface area contributed by atoms with Crippen LogP contribution >= 0.6 is 0 Å². The van der Waals surface area contributed by atoms with E-state index in [-0.39, 0.29) is 0 Å². The first-order valence-electron chi connectivity index (χ1n) is 6.85. The zero-order valence-electron chi connectivity index (χ0n) is 11.2. The second kappa shape index (κ2) is 4.73. The van der Waals surface area contributed by atoms with Gasteiger partial charge in [0, 0.05) is 19.1 Å². The summed E-state index contributed by atoms with van der Waals surface area (Å²) in [6.45, 7) is 8.56. The number of nitrogens with one attached hydrogen (secondary N) is 1. The minimum absolute atomic E-state index is 0.534. The monoisotopic (exact) mass is 243 g/mol. The van der Waals surface area contributed by atoms with Crippen LogP contribution in [0, 0.1) is 5.92 Å². The van der Waals surface area contributed by atoms with Gasteiger partial charge in [0.15, 0.2) is 0 Å². The average molecular weight is 243 g/mol. The van der Waals surface area contributed by atoms with Crippen molar-refractivity contribution in [2.75, 3.05) is 19.6 Å². The van der Waals surface area contributed by atoms with Crippen molar-refractivity contribution in [3.63, 3.8) is 0 Å². The number of amidine groups is 1. The summed E-state index contributed by atoms with van der Waals surface area (Å²) in [5.41, 5.74) is 2.99. The summed E-state index contributed by atoms with van der Waals surface area (Å²) in [5, 5.41) is 3.38. The van der Waals surface area contributed by atoms with E-state index in [0.29, 0.717) is 12.0 Å². The molecule has 3 heteroatoms. The quantitative estimate of drug-likeness (QED) is 0.881. The molecule has 3 nitrogen and oxygen atoms in total. The van der Waals surface area contributed by atoms with Gasteiger partial charge in [0.05, 0.1) is 13.1 Å². The van der Waals surface area contributed by atoms with Crippen LogP contribution in [0.2, 0.25) is 0 Å². The van der Waals surface area contributed by atoms with Gasteiger partial charge < -0.3 is 5.32 Å². The number of fused-ring (bicyclic) bond motifs is 1. The third-order valence-electron chi connectivity index (χ3n) is 3.87. The molecule has 18 heavy (non-hydrogen) atoms. The van der Waals surface area contributed by atoms with E-state index in [4.69, 9.17) is 0 Å². The molecule has 1 unspecified atom stereocenters. The lowest BCUT2D eigenvalue weighted by Crippen LogP contribution is -2.35. The largest absolute Gasteiger partial charge is 0.371 e. The molecule has 2 aliphatic rings. The average Bonchev–Trinajstić information content (AvgIpc) is 2.95. The van der Waals surface area contributed by atoms with Gasteiger partial charge in [-0.15, -0.1) is 0 Å². The van der Waals surface area contributed by atoms with Crippen molar-refractivity contribution in [1.29, 1.82) is 0 Å². The van der Waals surface area contributed by atoms with Crippen LogP contribution in [-0.2, 0) is 6.54 Å². The van der Waals surface area contributed by atoms with Gasteiger partial charge in [-0.25, -0.2) is 0 Å². The van der Waals surface area contributed by atoms with E-state index in [1.54, 1.807) is 0 Å². The van der Waals surface area contributed by atoms with Crippen molar-refractivity contribution in [2.45, 2.75) is 26.4 Å². The summed E-state index contributed by atoms with van der Waals surface area (Å²) in [6.07, 6.45) is 0. The summed E-state index contributed by atoms with van der Waals surface area (Å²) in [7, 11) is 0. The van der Waals surface area contributed by atoms with Crippen LogP contribution in [0.1, 0.15) is 31.0 Å². The van der Waals surface area contributed by atoms with E-state index in [9.17, 15) is 0 Å². The van der Waals surface area contributed by atoms with Crippen LogP contribution in [0.3, 0.4) is 0 Å². The lowest BCUT2D eigenvalue weighted by molar-refractivity contribution is 0.196. The highest BCUT2D eigenvalue weighted by Crippen LogP contribution is 2.38. The Morgan fingerprint density at radius 2 is 2.22 bits per heavy atom. The van der Waals surface area contributed by atoms with E-state index in [1.165, 1.54) is 11.1 Å². The molecule has 0 aliphatic carbocycles. The minimum atomic E-state index is 0.534. The maximum absolute atomic E-state index is 4.52. The molecule has 0 radical (unpaired) electrons. The lowest BCUT2D eigenvalue weighted by atomic mass is 9.95. The van der Waals surface area contributed by atoms with Crippen LogP contribution in [0.25, 0.3) is 0 Å². The van der Waals surface area contributed by atoms with Crippen LogP contribution in [0.4, 0.5) is 0 Å². The highest BCUT2D eigenvalue weighted by Gasteiger charge is 2.32. The van der Waals surface area contributed by atoms with Crippen LogP contribution in [-0.4, -0.2) is 30.4 Å². The number of hydrogen-bond acceptors (Lipinski definition) is 3. The molecule has 0 amide bonds. The molecule has 2 heterocycles. The highest BCUT2D eigenvalue weighted by atomic mass is 15.2. The predicted molar refractivity (Wildman–Crippen MR) is 74.7 cm³/mol. The zero-order chi connectivity index (χ0) is 12.5. The van der Waals surface area contributed by atoms with Crippen molar-refractivity contribution >= 4 is 5.84 Å². The van der Waals surface area contributed by atoms with Gasteiger partial charge in [-0.1, -0.05) is 38.1 Å². The predicted octanol–water partition coefficient (Wildman–Crippen LogP) is 2.20. The Morgan fingerprint density at radius 1 is 1.39 bits per heavy atom. The molecule has 1 atom stereocenters. The van der Waals surface area contributed by atoms with Crippen LogP contribution in [0.15, 0.2) is 29.3 Å². The molecule has 1 N–H and O–H groups in total. The van der Waals surface area contributed by atoms with Gasteiger partial charge in [0.25, 0.3) is 0 Å². The van der Waals surface area contributed by atoms with Crippen LogP contribution in [0.5, 0.6) is 0 Å². The topological polar surface area (TPSA) is 27.6 Å². The Hall–Kier alpha value is -1.35. The summed E-state index contributed by atoms with van der Waals surface area (Å²) in [6, 6.07) is 9.37. The van der Waals surface area contributed by atoms with Crippen LogP contribution < -0.4 is 5.32 Å². The van der Waals surface area contributed by atoms with Gasteiger partial charge in [0.2, 0.25) is 0 Å². The molecule has 0 aromatic heterocycles. The first kappa shape index (κ1) is 11.7. The Labute approximate surface area is 109 Å². The molecule has 0 bridgehead atoms. The number of benzene rings is 1. The lowest BCUT2D eigenvalue weighted by Gasteiger charge is -2.28. The number of aliphatic imine (C=N–C) groups is 1. The molecule has 0 saturated carbocycles. The van der Waals surface area contributed by atoms with Gasteiger partial charge in [-0.2, -0.15) is 0 Å². The second-order valence-electron chi connectivity index (χ2n) is 5.55. The summed E-state index contributed by atoms with van der Waals surface area (Å²) < 4.78 is 0. The first-order valence-corrected chi connectivity index (χ1v) is 6.85. The maximum Gasteiger partial charge on any atom is 0.111 e. The molecular weight excluding hydrogens is 222 g/mol. The molecule has 2 aliphatic heterocycles. The van der Waals surface area contributed by atoms with Crippen molar-refractivity contribution in [2.24, 2.45) is 10.9 Å². The Bertz CT molecular complexity index is 465. The van der Waals surface area contributed by atoms with Gasteiger partial charge >= 0.3 is 0 Å². The SMILES string of the molecule is CC(C)C1c2ccccc2CN1CC1=NCCN1. The molecule has 0 saturated heterocycles. The van der Waals surface area contributed by atoms with Gasteiger partial charge in [0.1, 0.15) is 5.84 Å². The minimum Gasteiger partial charge on any atom is -0.371 e. The number of hydrogen-bond donors (Lipinski definition) is 1. The number of nitrogens with zero attached hydrogens (tertiary/aromatic N) is 2. The Kier molecular flexibility index (Phi) is 3.08. The number of rotatable bonds is 3. The maximum atomic E-state index is 4.52. The molecule has 1 aromatic carbocycles. The van der Waals surface area contributed by atoms with E-state index in [0.717, 1.165) is 32.0 Å². The molecule has 96 valence electrons. The normalized spacial score (nSPS) is 23.1. The molecule has 1 aromatic rings. The fraction of sp³-hybridized carbons (Fsp3) is 0.533. The standard InChI is InChI=1S/C15H21N3/c1-11(2)15-13-6-4-3-5-12(13)9-18(15)10-14-16-7-8-17-14/h3-6,11,15H,7-10H2,1-2H3,(H,16,17). The Morgan fingerprint density at radius 3 is 2.94 bits per heavy atom. The van der Waals surface area contributed by atoms with Gasteiger partial charge in [-0.05, 0) is 17.0 Å². The van der Waals surface area contributed by atoms with E-state index >= 15 is 0 Å². The highest BCUT2D eigenvalue weighted by molar-refractivity contribution is 5.85. The van der Waals surface area contributed by atoms with Crippen molar-refractivity contribution < 1.29 is 0 Å². The van der Waals surface area contributed by atoms with E-state index < -0.39 is 0 Å². The summed E-state index contributed by atoms with van der Waals surface area (Å²) in [5.74, 6) is 1.80.